The smallest absolute Gasteiger partial charge is 0.303 e. The highest BCUT2D eigenvalue weighted by molar-refractivity contribution is 5.66. The zero-order valence-electron chi connectivity index (χ0n) is 9.54. The summed E-state index contributed by atoms with van der Waals surface area (Å²) in [4.78, 5) is 10.9. The Kier molecular flexibility index (Phi) is 3.35. The molecule has 14 heavy (non-hydrogen) atoms. The van der Waals surface area contributed by atoms with Crippen molar-refractivity contribution in [3.63, 3.8) is 0 Å². The summed E-state index contributed by atoms with van der Waals surface area (Å²) in [6.45, 7) is 7.89. The first-order valence-corrected chi connectivity index (χ1v) is 5.32. The fraction of sp³-hybridized carbons (Fsp3) is 0.750. The Balaban J connectivity index is 2.62. The van der Waals surface area contributed by atoms with E-state index in [1.165, 1.54) is 6.92 Å². The summed E-state index contributed by atoms with van der Waals surface area (Å²) in [5, 5.41) is 0. The number of allylic oxidation sites excluding steroid dienone is 1. The molecule has 2 atom stereocenters. The Hall–Kier alpha value is -0.790. The monoisotopic (exact) mass is 196 g/mol. The van der Waals surface area contributed by atoms with Crippen molar-refractivity contribution in [3.05, 3.63) is 12.2 Å². The van der Waals surface area contributed by atoms with Crippen LogP contribution in [-0.4, -0.2) is 11.6 Å². The maximum atomic E-state index is 10.9. The molecule has 0 amide bonds. The van der Waals surface area contributed by atoms with E-state index in [0.717, 1.165) is 12.8 Å². The van der Waals surface area contributed by atoms with Crippen LogP contribution in [0.4, 0.5) is 0 Å². The van der Waals surface area contributed by atoms with Crippen molar-refractivity contribution in [2.45, 2.75) is 46.1 Å². The van der Waals surface area contributed by atoms with Gasteiger partial charge < -0.3 is 4.74 Å². The van der Waals surface area contributed by atoms with Crippen molar-refractivity contribution >= 4 is 5.97 Å². The lowest BCUT2D eigenvalue weighted by atomic mass is 9.81. The average Bonchev–Trinajstić information content (AvgIpc) is 2.02. The molecule has 1 rings (SSSR count). The van der Waals surface area contributed by atoms with Crippen LogP contribution in [0.1, 0.15) is 40.5 Å². The highest BCUT2D eigenvalue weighted by Gasteiger charge is 2.29. The quantitative estimate of drug-likeness (QED) is 0.501. The molecule has 0 saturated carbocycles. The van der Waals surface area contributed by atoms with E-state index in [9.17, 15) is 4.79 Å². The van der Waals surface area contributed by atoms with Crippen LogP contribution in [0.5, 0.6) is 0 Å². The Morgan fingerprint density at radius 3 is 2.57 bits per heavy atom. The molecule has 0 spiro atoms. The SMILES string of the molecule is CC(=O)O[C@@]1(C)C=C[C@H](C(C)C)CC1. The normalized spacial score (nSPS) is 31.9. The van der Waals surface area contributed by atoms with Crippen molar-refractivity contribution in [2.24, 2.45) is 11.8 Å². The minimum Gasteiger partial charge on any atom is -0.455 e. The van der Waals surface area contributed by atoms with Crippen LogP contribution in [0, 0.1) is 11.8 Å². The average molecular weight is 196 g/mol. The Morgan fingerprint density at radius 2 is 2.21 bits per heavy atom. The second-order valence-corrected chi connectivity index (χ2v) is 4.71. The molecule has 0 unspecified atom stereocenters. The fourth-order valence-electron chi connectivity index (χ4n) is 1.93. The second-order valence-electron chi connectivity index (χ2n) is 4.71. The molecule has 1 aliphatic carbocycles. The van der Waals surface area contributed by atoms with Crippen molar-refractivity contribution < 1.29 is 9.53 Å². The van der Waals surface area contributed by atoms with Gasteiger partial charge in [0.1, 0.15) is 5.60 Å². The molecule has 0 aliphatic heterocycles. The van der Waals surface area contributed by atoms with Crippen LogP contribution < -0.4 is 0 Å². The first-order valence-electron chi connectivity index (χ1n) is 5.32. The third-order valence-corrected chi connectivity index (χ3v) is 2.90. The number of hydrogen-bond acceptors (Lipinski definition) is 2. The molecule has 0 fully saturated rings. The third kappa shape index (κ3) is 2.86. The molecule has 0 saturated heterocycles. The van der Waals surface area contributed by atoms with E-state index >= 15 is 0 Å². The molecule has 0 aromatic rings. The van der Waals surface area contributed by atoms with Crippen LogP contribution >= 0.6 is 0 Å². The number of carbonyl (C=O) groups excluding carboxylic acids is 1. The van der Waals surface area contributed by atoms with Gasteiger partial charge in [0.25, 0.3) is 0 Å². The predicted octanol–water partition coefficient (Wildman–Crippen LogP) is 2.93. The number of ether oxygens (including phenoxy) is 1. The van der Waals surface area contributed by atoms with Crippen LogP contribution in [0.3, 0.4) is 0 Å². The van der Waals surface area contributed by atoms with Gasteiger partial charge in [0.05, 0.1) is 0 Å². The van der Waals surface area contributed by atoms with Gasteiger partial charge in [0.2, 0.25) is 0 Å². The van der Waals surface area contributed by atoms with Crippen LogP contribution in [0.15, 0.2) is 12.2 Å². The van der Waals surface area contributed by atoms with Crippen LogP contribution in [0.2, 0.25) is 0 Å². The molecule has 2 heteroatoms. The van der Waals surface area contributed by atoms with E-state index in [-0.39, 0.29) is 11.6 Å². The van der Waals surface area contributed by atoms with Gasteiger partial charge in [0.15, 0.2) is 0 Å². The van der Waals surface area contributed by atoms with Crippen molar-refractivity contribution in [3.8, 4) is 0 Å². The summed E-state index contributed by atoms with van der Waals surface area (Å²) in [7, 11) is 0. The molecule has 80 valence electrons. The zero-order valence-corrected chi connectivity index (χ0v) is 9.54. The van der Waals surface area contributed by atoms with E-state index in [1.54, 1.807) is 0 Å². The molecular weight excluding hydrogens is 176 g/mol. The summed E-state index contributed by atoms with van der Waals surface area (Å²) in [6.07, 6.45) is 6.28. The summed E-state index contributed by atoms with van der Waals surface area (Å²) in [5.74, 6) is 1.12. The van der Waals surface area contributed by atoms with Gasteiger partial charge in [-0.1, -0.05) is 19.9 Å². The number of rotatable bonds is 2. The zero-order chi connectivity index (χ0) is 10.8. The summed E-state index contributed by atoms with van der Waals surface area (Å²) in [5.41, 5.74) is -0.364. The molecule has 0 N–H and O–H groups in total. The number of carbonyl (C=O) groups is 1. The molecule has 0 radical (unpaired) electrons. The minimum absolute atomic E-state index is 0.194. The van der Waals surface area contributed by atoms with Crippen molar-refractivity contribution in [1.82, 2.24) is 0 Å². The lowest BCUT2D eigenvalue weighted by molar-refractivity contribution is -0.152. The standard InChI is InChI=1S/C12H20O2/c1-9(2)11-5-7-12(4,8-6-11)14-10(3)13/h5,7,9,11H,6,8H2,1-4H3/t11-,12-/m0/s1. The van der Waals surface area contributed by atoms with E-state index in [1.807, 2.05) is 13.0 Å². The topological polar surface area (TPSA) is 26.3 Å². The maximum Gasteiger partial charge on any atom is 0.303 e. The van der Waals surface area contributed by atoms with E-state index < -0.39 is 0 Å². The molecule has 1 aliphatic rings. The third-order valence-electron chi connectivity index (χ3n) is 2.90. The van der Waals surface area contributed by atoms with Crippen LogP contribution in [0.25, 0.3) is 0 Å². The Bertz CT molecular complexity index is 243. The van der Waals surface area contributed by atoms with E-state index in [0.29, 0.717) is 11.8 Å². The summed E-state index contributed by atoms with van der Waals surface area (Å²) < 4.78 is 5.28. The first kappa shape index (κ1) is 11.3. The summed E-state index contributed by atoms with van der Waals surface area (Å²) >= 11 is 0. The first-order chi connectivity index (χ1) is 6.43. The van der Waals surface area contributed by atoms with Gasteiger partial charge >= 0.3 is 5.97 Å². The molecule has 0 aromatic heterocycles. The van der Waals surface area contributed by atoms with Crippen molar-refractivity contribution in [1.29, 1.82) is 0 Å². The predicted molar refractivity (Wildman–Crippen MR) is 56.9 cm³/mol. The van der Waals surface area contributed by atoms with Gasteiger partial charge in [0, 0.05) is 6.92 Å². The Morgan fingerprint density at radius 1 is 1.57 bits per heavy atom. The highest BCUT2D eigenvalue weighted by atomic mass is 16.6. The fourth-order valence-corrected chi connectivity index (χ4v) is 1.93. The van der Waals surface area contributed by atoms with E-state index in [4.69, 9.17) is 4.74 Å². The lowest BCUT2D eigenvalue weighted by Crippen LogP contribution is -2.32. The van der Waals surface area contributed by atoms with Gasteiger partial charge in [-0.3, -0.25) is 4.79 Å². The maximum absolute atomic E-state index is 10.9. The molecule has 0 aromatic carbocycles. The molecule has 0 heterocycles. The summed E-state index contributed by atoms with van der Waals surface area (Å²) in [6, 6.07) is 0. The Labute approximate surface area is 86.3 Å². The van der Waals surface area contributed by atoms with E-state index in [2.05, 4.69) is 19.9 Å². The lowest BCUT2D eigenvalue weighted by Gasteiger charge is -2.32. The van der Waals surface area contributed by atoms with Crippen molar-refractivity contribution in [2.75, 3.05) is 0 Å². The molecular formula is C12H20O2. The highest BCUT2D eigenvalue weighted by Crippen LogP contribution is 2.32. The van der Waals surface area contributed by atoms with Gasteiger partial charge in [-0.05, 0) is 37.7 Å². The molecule has 2 nitrogen and oxygen atoms in total. The van der Waals surface area contributed by atoms with Crippen LogP contribution in [-0.2, 0) is 9.53 Å². The van der Waals surface area contributed by atoms with Gasteiger partial charge in [-0.2, -0.15) is 0 Å². The molecule has 0 bridgehead atoms. The van der Waals surface area contributed by atoms with Gasteiger partial charge in [-0.15, -0.1) is 0 Å². The van der Waals surface area contributed by atoms with Gasteiger partial charge in [-0.25, -0.2) is 0 Å². The number of hydrogen-bond donors (Lipinski definition) is 0. The second kappa shape index (κ2) is 4.16. The largest absolute Gasteiger partial charge is 0.455 e. The minimum atomic E-state index is -0.364. The number of esters is 1.